The summed E-state index contributed by atoms with van der Waals surface area (Å²) in [6, 6.07) is 3.42. The molecule has 2 N–H and O–H groups in total. The molecule has 8 unspecified atom stereocenters. The second-order valence-corrected chi connectivity index (χ2v) is 14.0. The van der Waals surface area contributed by atoms with Crippen molar-refractivity contribution in [1.29, 1.82) is 10.5 Å². The summed E-state index contributed by atoms with van der Waals surface area (Å²) in [5, 5.41) is 26.3. The number of allylic oxidation sites excluding steroid dienone is 22. The molecule has 46 heavy (non-hydrogen) atoms. The fourth-order valence-electron chi connectivity index (χ4n) is 8.93. The van der Waals surface area contributed by atoms with E-state index in [0.717, 1.165) is 43.5 Å². The molecule has 1 fully saturated rings. The zero-order valence-corrected chi connectivity index (χ0v) is 26.4. The van der Waals surface area contributed by atoms with E-state index in [1.54, 1.807) is 5.57 Å². The van der Waals surface area contributed by atoms with Crippen molar-refractivity contribution < 1.29 is 0 Å². The number of rotatable bonds is 4. The first-order chi connectivity index (χ1) is 22.7. The second kappa shape index (κ2) is 12.3. The fourth-order valence-corrected chi connectivity index (χ4v) is 8.93. The normalized spacial score (nSPS) is 35.7. The molecule has 0 saturated carbocycles. The molecule has 1 aliphatic heterocycles. The van der Waals surface area contributed by atoms with Crippen molar-refractivity contribution in [2.75, 3.05) is 0 Å². The highest BCUT2D eigenvalue weighted by molar-refractivity contribution is 5.50. The summed E-state index contributed by atoms with van der Waals surface area (Å²) < 4.78 is 0. The van der Waals surface area contributed by atoms with Gasteiger partial charge < -0.3 is 10.6 Å². The minimum atomic E-state index is -0.577. The van der Waals surface area contributed by atoms with Gasteiger partial charge in [0.15, 0.2) is 0 Å². The van der Waals surface area contributed by atoms with Gasteiger partial charge in [-0.05, 0) is 103 Å². The Balaban J connectivity index is 1.07. The van der Waals surface area contributed by atoms with Gasteiger partial charge in [-0.15, -0.1) is 0 Å². The lowest BCUT2D eigenvalue weighted by molar-refractivity contribution is 0.383. The maximum atomic E-state index is 9.78. The van der Waals surface area contributed by atoms with Crippen molar-refractivity contribution in [1.82, 2.24) is 10.6 Å². The molecule has 0 aromatic heterocycles. The van der Waals surface area contributed by atoms with Crippen LogP contribution in [0.3, 0.4) is 0 Å². The Kier molecular flexibility index (Phi) is 7.75. The second-order valence-electron chi connectivity index (χ2n) is 14.0. The maximum absolute atomic E-state index is 9.78. The van der Waals surface area contributed by atoms with Crippen LogP contribution in [0.4, 0.5) is 0 Å². The number of hydrogen-bond donors (Lipinski definition) is 2. The van der Waals surface area contributed by atoms with Crippen molar-refractivity contribution >= 4 is 0 Å². The van der Waals surface area contributed by atoms with Gasteiger partial charge in [0.1, 0.15) is 12.1 Å². The topological polar surface area (TPSA) is 71.6 Å². The van der Waals surface area contributed by atoms with E-state index in [0.29, 0.717) is 23.7 Å². The number of nitrogens with one attached hydrogen (secondary N) is 2. The Bertz CT molecular complexity index is 1760. The Hall–Kier alpha value is -4.54. The van der Waals surface area contributed by atoms with Gasteiger partial charge >= 0.3 is 0 Å². The highest BCUT2D eigenvalue weighted by Crippen LogP contribution is 2.45. The quantitative estimate of drug-likeness (QED) is 0.339. The molecular weight excluding hydrogens is 560 g/mol. The van der Waals surface area contributed by atoms with E-state index in [9.17, 15) is 10.5 Å². The van der Waals surface area contributed by atoms with Gasteiger partial charge in [-0.3, -0.25) is 0 Å². The first-order valence-electron chi connectivity index (χ1n) is 17.4. The number of hydrogen-bond acceptors (Lipinski definition) is 4. The molecule has 1 heterocycles. The van der Waals surface area contributed by atoms with E-state index in [1.165, 1.54) is 47.1 Å². The van der Waals surface area contributed by atoms with E-state index in [-0.39, 0.29) is 11.8 Å². The number of nitrogens with zero attached hydrogens (tertiary/aromatic N) is 2. The summed E-state index contributed by atoms with van der Waals surface area (Å²) in [4.78, 5) is 0. The third-order valence-electron chi connectivity index (χ3n) is 11.4. The van der Waals surface area contributed by atoms with E-state index in [4.69, 9.17) is 0 Å². The zero-order chi connectivity index (χ0) is 31.0. The first kappa shape index (κ1) is 28.9. The van der Waals surface area contributed by atoms with Crippen molar-refractivity contribution in [2.24, 2.45) is 35.5 Å². The van der Waals surface area contributed by atoms with E-state index in [2.05, 4.69) is 120 Å². The van der Waals surface area contributed by atoms with Crippen LogP contribution in [0.5, 0.6) is 0 Å². The van der Waals surface area contributed by atoms with Crippen LogP contribution >= 0.6 is 0 Å². The molecule has 8 rings (SSSR count). The standard InChI is InChI=1S/C42H42N4/c43-25-41-42(26-44)46-40-24-38(32-21-17-30(18-22-32)36-14-6-10-28-8-2-4-12-34(28)36)37(23-39(40)45-41)31-19-15-29(16-20-31)35-13-5-9-27-7-1-3-11-33(27)35/h3-6,9,11-12,14-17,19,21-24,28,30-31,35,37-38,41-42,45-46H,1-2,7-8,10,13,18,20H2. The average molecular weight is 603 g/mol. The molecule has 0 amide bonds. The van der Waals surface area contributed by atoms with Crippen LogP contribution in [0.1, 0.15) is 51.4 Å². The monoisotopic (exact) mass is 602 g/mol. The third kappa shape index (κ3) is 5.25. The highest BCUT2D eigenvalue weighted by atomic mass is 15.1. The Labute approximate surface area is 273 Å². The molecule has 4 nitrogen and oxygen atoms in total. The van der Waals surface area contributed by atoms with Crippen LogP contribution in [0.2, 0.25) is 0 Å². The van der Waals surface area contributed by atoms with E-state index in [1.807, 2.05) is 0 Å². The summed E-state index contributed by atoms with van der Waals surface area (Å²) in [7, 11) is 0. The first-order valence-corrected chi connectivity index (χ1v) is 17.4. The minimum Gasteiger partial charge on any atom is -0.366 e. The van der Waals surface area contributed by atoms with Crippen LogP contribution in [0.25, 0.3) is 0 Å². The molecule has 4 heteroatoms. The Morgan fingerprint density at radius 3 is 2.17 bits per heavy atom. The number of nitriles is 2. The molecule has 0 aromatic rings. The average Bonchev–Trinajstić information content (AvgIpc) is 3.13. The SMILES string of the molecule is N#CC1NC2=CC(C3=CCC(C4=C5C=CCCC5CC=C4)C=C3)C(C3C=CC(C4CC=CC5=C4C=CCC5)=CC3)C=C2NC1C#N. The van der Waals surface area contributed by atoms with Crippen molar-refractivity contribution in [2.45, 2.75) is 63.5 Å². The van der Waals surface area contributed by atoms with Crippen molar-refractivity contribution in [3.8, 4) is 12.1 Å². The largest absolute Gasteiger partial charge is 0.366 e. The van der Waals surface area contributed by atoms with Gasteiger partial charge in [-0.25, -0.2) is 0 Å². The predicted molar refractivity (Wildman–Crippen MR) is 184 cm³/mol. The van der Waals surface area contributed by atoms with Crippen LogP contribution in [-0.2, 0) is 0 Å². The molecule has 230 valence electrons. The van der Waals surface area contributed by atoms with Crippen LogP contribution in [-0.4, -0.2) is 12.1 Å². The maximum Gasteiger partial charge on any atom is 0.148 e. The third-order valence-corrected chi connectivity index (χ3v) is 11.4. The van der Waals surface area contributed by atoms with Crippen molar-refractivity contribution in [3.63, 3.8) is 0 Å². The number of piperazine rings is 1. The van der Waals surface area contributed by atoms with Gasteiger partial charge in [-0.2, -0.15) is 10.5 Å². The number of fused-ring (bicyclic) bond motifs is 2. The lowest BCUT2D eigenvalue weighted by Crippen LogP contribution is -2.53. The smallest absolute Gasteiger partial charge is 0.148 e. The molecule has 8 aliphatic rings. The van der Waals surface area contributed by atoms with Gasteiger partial charge in [-0.1, -0.05) is 97.2 Å². The van der Waals surface area contributed by atoms with E-state index < -0.39 is 12.1 Å². The Morgan fingerprint density at radius 1 is 0.652 bits per heavy atom. The summed E-state index contributed by atoms with van der Waals surface area (Å²) in [6.45, 7) is 0. The van der Waals surface area contributed by atoms with Gasteiger partial charge in [0.05, 0.1) is 23.5 Å². The zero-order valence-electron chi connectivity index (χ0n) is 26.4. The minimum absolute atomic E-state index is 0.183. The van der Waals surface area contributed by atoms with Crippen molar-refractivity contribution in [3.05, 3.63) is 142 Å². The van der Waals surface area contributed by atoms with E-state index >= 15 is 0 Å². The summed E-state index contributed by atoms with van der Waals surface area (Å²) >= 11 is 0. The van der Waals surface area contributed by atoms with Crippen LogP contribution in [0, 0.1) is 58.2 Å². The molecular formula is C42H42N4. The van der Waals surface area contributed by atoms with Crippen LogP contribution in [0.15, 0.2) is 142 Å². The lowest BCUT2D eigenvalue weighted by atomic mass is 9.68. The summed E-state index contributed by atoms with van der Waals surface area (Å²) in [6.07, 6.45) is 47.2. The molecule has 1 saturated heterocycles. The molecule has 8 atom stereocenters. The molecule has 0 spiro atoms. The summed E-state index contributed by atoms with van der Waals surface area (Å²) in [5.41, 5.74) is 10.8. The van der Waals surface area contributed by atoms with Gasteiger partial charge in [0.25, 0.3) is 0 Å². The van der Waals surface area contributed by atoms with Crippen LogP contribution < -0.4 is 10.6 Å². The predicted octanol–water partition coefficient (Wildman–Crippen LogP) is 8.43. The highest BCUT2D eigenvalue weighted by Gasteiger charge is 2.38. The molecule has 0 bridgehead atoms. The molecule has 0 radical (unpaired) electrons. The summed E-state index contributed by atoms with van der Waals surface area (Å²) in [5.74, 6) is 2.30. The molecule has 0 aromatic carbocycles. The Morgan fingerprint density at radius 2 is 1.39 bits per heavy atom. The lowest BCUT2D eigenvalue weighted by Gasteiger charge is -2.40. The van der Waals surface area contributed by atoms with Gasteiger partial charge in [0.2, 0.25) is 0 Å². The fraction of sp³-hybridized carbons (Fsp3) is 0.381. The molecule has 7 aliphatic carbocycles. The van der Waals surface area contributed by atoms with Gasteiger partial charge in [0, 0.05) is 17.8 Å².